The van der Waals surface area contributed by atoms with E-state index in [-0.39, 0.29) is 19.8 Å². The van der Waals surface area contributed by atoms with Gasteiger partial charge in [0.2, 0.25) is 0 Å². The van der Waals surface area contributed by atoms with Gasteiger partial charge in [-0.25, -0.2) is 0 Å². The zero-order chi connectivity index (χ0) is 21.8. The molecule has 0 saturated carbocycles. The van der Waals surface area contributed by atoms with Crippen LogP contribution >= 0.6 is 0 Å². The molecule has 0 aliphatic carbocycles. The van der Waals surface area contributed by atoms with Gasteiger partial charge in [-0.1, -0.05) is 36.4 Å². The summed E-state index contributed by atoms with van der Waals surface area (Å²) < 4.78 is 11.2. The third kappa shape index (κ3) is 8.30. The highest BCUT2D eigenvalue weighted by atomic mass is 16.5. The molecule has 0 aliphatic heterocycles. The average Bonchev–Trinajstić information content (AvgIpc) is 2.73. The van der Waals surface area contributed by atoms with Crippen molar-refractivity contribution >= 4 is 0 Å². The Morgan fingerprint density at radius 1 is 0.900 bits per heavy atom. The van der Waals surface area contributed by atoms with Crippen LogP contribution in [-0.4, -0.2) is 84.8 Å². The molecule has 30 heavy (non-hydrogen) atoms. The number of rotatable bonds is 14. The Morgan fingerprint density at radius 3 is 2.23 bits per heavy atom. The van der Waals surface area contributed by atoms with E-state index in [1.54, 1.807) is 7.11 Å². The molecule has 0 fully saturated rings. The average molecular weight is 419 g/mol. The molecule has 0 aliphatic rings. The summed E-state index contributed by atoms with van der Waals surface area (Å²) in [5.74, 6) is 1.16. The van der Waals surface area contributed by atoms with Crippen molar-refractivity contribution in [3.05, 3.63) is 59.7 Å². The Hall–Kier alpha value is -2.16. The first-order valence-corrected chi connectivity index (χ1v) is 10.2. The SMILES string of the molecule is COc1ccc(CN(CCO)CCO)cc1OCC(O)CN(C)Cc1ccccc1. The molecule has 7 heteroatoms. The van der Waals surface area contributed by atoms with Crippen LogP contribution in [0, 0.1) is 0 Å². The van der Waals surface area contributed by atoms with Gasteiger partial charge in [0.25, 0.3) is 0 Å². The molecule has 0 amide bonds. The van der Waals surface area contributed by atoms with Gasteiger partial charge < -0.3 is 24.8 Å². The molecular weight excluding hydrogens is 384 g/mol. The van der Waals surface area contributed by atoms with Gasteiger partial charge in [-0.3, -0.25) is 9.80 Å². The lowest BCUT2D eigenvalue weighted by atomic mass is 10.2. The van der Waals surface area contributed by atoms with Crippen LogP contribution in [-0.2, 0) is 13.1 Å². The molecule has 0 bridgehead atoms. The molecule has 1 unspecified atom stereocenters. The number of methoxy groups -OCH3 is 1. The van der Waals surface area contributed by atoms with Gasteiger partial charge in [-0.2, -0.15) is 0 Å². The first-order chi connectivity index (χ1) is 14.5. The van der Waals surface area contributed by atoms with Gasteiger partial charge >= 0.3 is 0 Å². The topological polar surface area (TPSA) is 85.6 Å². The molecule has 0 aromatic heterocycles. The molecular formula is C23H34N2O5. The molecule has 2 rings (SSSR count). The second-order valence-corrected chi connectivity index (χ2v) is 7.36. The molecule has 1 atom stereocenters. The van der Waals surface area contributed by atoms with E-state index in [0.717, 1.165) is 12.1 Å². The molecule has 2 aromatic carbocycles. The Kier molecular flexibility index (Phi) is 10.6. The van der Waals surface area contributed by atoms with Crippen LogP contribution in [0.2, 0.25) is 0 Å². The van der Waals surface area contributed by atoms with Crippen LogP contribution in [0.15, 0.2) is 48.5 Å². The van der Waals surface area contributed by atoms with Crippen molar-refractivity contribution < 1.29 is 24.8 Å². The quantitative estimate of drug-likeness (QED) is 0.427. The molecule has 0 spiro atoms. The number of aliphatic hydroxyl groups excluding tert-OH is 3. The summed E-state index contributed by atoms with van der Waals surface area (Å²) >= 11 is 0. The van der Waals surface area contributed by atoms with E-state index in [4.69, 9.17) is 9.47 Å². The Balaban J connectivity index is 1.92. The van der Waals surface area contributed by atoms with E-state index < -0.39 is 6.10 Å². The summed E-state index contributed by atoms with van der Waals surface area (Å²) in [6.07, 6.45) is -0.646. The van der Waals surface area contributed by atoms with Crippen molar-refractivity contribution in [1.82, 2.24) is 9.80 Å². The van der Waals surface area contributed by atoms with Crippen molar-refractivity contribution in [1.29, 1.82) is 0 Å². The van der Waals surface area contributed by atoms with E-state index >= 15 is 0 Å². The Bertz CT molecular complexity index is 723. The Morgan fingerprint density at radius 2 is 1.60 bits per heavy atom. The molecule has 0 heterocycles. The fourth-order valence-electron chi connectivity index (χ4n) is 3.30. The van der Waals surface area contributed by atoms with Gasteiger partial charge in [0.05, 0.1) is 20.3 Å². The minimum atomic E-state index is -0.646. The lowest BCUT2D eigenvalue weighted by Gasteiger charge is -2.22. The monoisotopic (exact) mass is 418 g/mol. The van der Waals surface area contributed by atoms with Crippen LogP contribution in [0.4, 0.5) is 0 Å². The number of hydrogen-bond donors (Lipinski definition) is 3. The minimum Gasteiger partial charge on any atom is -0.493 e. The zero-order valence-electron chi connectivity index (χ0n) is 17.9. The van der Waals surface area contributed by atoms with Crippen molar-refractivity contribution in [2.45, 2.75) is 19.2 Å². The second-order valence-electron chi connectivity index (χ2n) is 7.36. The minimum absolute atomic E-state index is 0.0300. The molecule has 166 valence electrons. The first-order valence-electron chi connectivity index (χ1n) is 10.2. The summed E-state index contributed by atoms with van der Waals surface area (Å²) in [7, 11) is 3.55. The summed E-state index contributed by atoms with van der Waals surface area (Å²) in [6.45, 7) is 2.98. The number of ether oxygens (including phenoxy) is 2. The lowest BCUT2D eigenvalue weighted by molar-refractivity contribution is 0.0732. The highest BCUT2D eigenvalue weighted by Gasteiger charge is 2.13. The first kappa shape index (κ1) is 24.1. The number of nitrogens with zero attached hydrogens (tertiary/aromatic N) is 2. The number of hydrogen-bond acceptors (Lipinski definition) is 7. The van der Waals surface area contributed by atoms with Crippen molar-refractivity contribution in [2.75, 3.05) is 53.6 Å². The maximum atomic E-state index is 10.4. The third-order valence-electron chi connectivity index (χ3n) is 4.72. The number of likely N-dealkylation sites (N-methyl/N-ethyl adjacent to an activating group) is 1. The zero-order valence-corrected chi connectivity index (χ0v) is 17.9. The van der Waals surface area contributed by atoms with E-state index in [1.165, 1.54) is 5.56 Å². The van der Waals surface area contributed by atoms with E-state index in [0.29, 0.717) is 37.7 Å². The van der Waals surface area contributed by atoms with Gasteiger partial charge in [-0.05, 0) is 30.3 Å². The number of benzene rings is 2. The highest BCUT2D eigenvalue weighted by Crippen LogP contribution is 2.28. The summed E-state index contributed by atoms with van der Waals surface area (Å²) in [5, 5.41) is 28.8. The van der Waals surface area contributed by atoms with Crippen molar-refractivity contribution in [3.8, 4) is 11.5 Å². The summed E-state index contributed by atoms with van der Waals surface area (Å²) in [4.78, 5) is 4.01. The van der Waals surface area contributed by atoms with E-state index in [9.17, 15) is 15.3 Å². The summed E-state index contributed by atoms with van der Waals surface area (Å²) in [6, 6.07) is 15.8. The van der Waals surface area contributed by atoms with Crippen molar-refractivity contribution in [2.24, 2.45) is 0 Å². The predicted molar refractivity (Wildman–Crippen MR) is 117 cm³/mol. The fourth-order valence-corrected chi connectivity index (χ4v) is 3.30. The van der Waals surface area contributed by atoms with E-state index in [1.807, 2.05) is 48.3 Å². The predicted octanol–water partition coefficient (Wildman–Crippen LogP) is 1.35. The lowest BCUT2D eigenvalue weighted by Crippen LogP contribution is -2.32. The largest absolute Gasteiger partial charge is 0.493 e. The van der Waals surface area contributed by atoms with Crippen molar-refractivity contribution in [3.63, 3.8) is 0 Å². The van der Waals surface area contributed by atoms with Crippen LogP contribution in [0.1, 0.15) is 11.1 Å². The maximum absolute atomic E-state index is 10.4. The molecule has 2 aromatic rings. The normalized spacial score (nSPS) is 12.4. The van der Waals surface area contributed by atoms with Gasteiger partial charge in [-0.15, -0.1) is 0 Å². The maximum Gasteiger partial charge on any atom is 0.161 e. The smallest absolute Gasteiger partial charge is 0.161 e. The second kappa shape index (κ2) is 13.2. The standard InChI is InChI=1S/C23H34N2O5/c1-24(15-19-6-4-3-5-7-19)17-21(28)18-30-23-14-20(8-9-22(23)29-2)16-25(10-12-26)11-13-27/h3-9,14,21,26-28H,10-13,15-18H2,1-2H3. The third-order valence-corrected chi connectivity index (χ3v) is 4.72. The van der Waals surface area contributed by atoms with Crippen LogP contribution in [0.5, 0.6) is 11.5 Å². The van der Waals surface area contributed by atoms with Gasteiger partial charge in [0.1, 0.15) is 12.7 Å². The molecule has 7 nitrogen and oxygen atoms in total. The highest BCUT2D eigenvalue weighted by molar-refractivity contribution is 5.43. The fraction of sp³-hybridized carbons (Fsp3) is 0.478. The van der Waals surface area contributed by atoms with Gasteiger partial charge in [0.15, 0.2) is 11.5 Å². The molecule has 3 N–H and O–H groups in total. The number of aliphatic hydroxyl groups is 3. The molecule has 0 saturated heterocycles. The van der Waals surface area contributed by atoms with Crippen LogP contribution < -0.4 is 9.47 Å². The van der Waals surface area contributed by atoms with E-state index in [2.05, 4.69) is 17.0 Å². The molecule has 0 radical (unpaired) electrons. The Labute approximate surface area is 179 Å². The summed E-state index contributed by atoms with van der Waals surface area (Å²) in [5.41, 5.74) is 2.17. The van der Waals surface area contributed by atoms with Crippen LogP contribution in [0.25, 0.3) is 0 Å². The van der Waals surface area contributed by atoms with Crippen LogP contribution in [0.3, 0.4) is 0 Å². The van der Waals surface area contributed by atoms with Gasteiger partial charge in [0, 0.05) is 32.7 Å².